The van der Waals surface area contributed by atoms with Crippen molar-refractivity contribution in [2.24, 2.45) is 0 Å². The van der Waals surface area contributed by atoms with Crippen LogP contribution in [0.4, 0.5) is 5.69 Å². The van der Waals surface area contributed by atoms with Crippen LogP contribution in [-0.4, -0.2) is 15.5 Å². The van der Waals surface area contributed by atoms with Crippen molar-refractivity contribution in [2.75, 3.05) is 5.32 Å². The van der Waals surface area contributed by atoms with E-state index in [2.05, 4.69) is 10.3 Å². The van der Waals surface area contributed by atoms with Gasteiger partial charge in [0.2, 0.25) is 5.91 Å². The Hall–Kier alpha value is -3.25. The van der Waals surface area contributed by atoms with Gasteiger partial charge in [-0.1, -0.05) is 48.5 Å². The van der Waals surface area contributed by atoms with Gasteiger partial charge in [-0.15, -0.1) is 11.3 Å². The fourth-order valence-electron chi connectivity index (χ4n) is 3.19. The van der Waals surface area contributed by atoms with E-state index in [-0.39, 0.29) is 18.0 Å². The Morgan fingerprint density at radius 2 is 1.79 bits per heavy atom. The zero-order valence-electron chi connectivity index (χ0n) is 15.6. The molecule has 28 heavy (non-hydrogen) atoms. The monoisotopic (exact) mass is 389 g/mol. The summed E-state index contributed by atoms with van der Waals surface area (Å²) in [5, 5.41) is 3.43. The number of rotatable bonds is 4. The number of carbonyl (C=O) groups excluding carboxylic acids is 1. The second-order valence-corrected chi connectivity index (χ2v) is 7.64. The highest BCUT2D eigenvalue weighted by atomic mass is 32.1. The van der Waals surface area contributed by atoms with Crippen LogP contribution in [0.2, 0.25) is 0 Å². The van der Waals surface area contributed by atoms with Gasteiger partial charge in [-0.2, -0.15) is 0 Å². The molecule has 1 N–H and O–H groups in total. The molecule has 0 spiro atoms. The number of hydrogen-bond donors (Lipinski definition) is 1. The number of hydrogen-bond acceptors (Lipinski definition) is 4. The molecule has 4 rings (SSSR count). The molecule has 0 aliphatic carbocycles. The maximum atomic E-state index is 13.0. The molecule has 0 radical (unpaired) electrons. The maximum absolute atomic E-state index is 13.0. The van der Waals surface area contributed by atoms with Crippen LogP contribution in [0.3, 0.4) is 0 Å². The van der Waals surface area contributed by atoms with Gasteiger partial charge in [-0.25, -0.2) is 4.98 Å². The van der Waals surface area contributed by atoms with Gasteiger partial charge in [0, 0.05) is 10.6 Å². The van der Waals surface area contributed by atoms with Crippen molar-refractivity contribution in [1.82, 2.24) is 9.55 Å². The lowest BCUT2D eigenvalue weighted by Gasteiger charge is -2.09. The molecule has 0 unspecified atom stereocenters. The zero-order chi connectivity index (χ0) is 19.7. The summed E-state index contributed by atoms with van der Waals surface area (Å²) < 4.78 is 1.37. The van der Waals surface area contributed by atoms with E-state index < -0.39 is 0 Å². The fraction of sp³-hybridized carbons (Fsp3) is 0.136. The van der Waals surface area contributed by atoms with Crippen LogP contribution in [-0.2, 0) is 11.3 Å². The molecule has 4 aromatic rings. The Morgan fingerprint density at radius 1 is 1.07 bits per heavy atom. The predicted octanol–water partition coefficient (Wildman–Crippen LogP) is 4.38. The Morgan fingerprint density at radius 3 is 2.54 bits per heavy atom. The minimum Gasteiger partial charge on any atom is -0.324 e. The molecule has 2 aromatic heterocycles. The van der Waals surface area contributed by atoms with Crippen LogP contribution >= 0.6 is 11.3 Å². The van der Waals surface area contributed by atoms with Crippen molar-refractivity contribution in [2.45, 2.75) is 20.4 Å². The molecule has 5 nitrogen and oxygen atoms in total. The number of benzene rings is 2. The molecule has 6 heteroatoms. The molecule has 140 valence electrons. The Bertz CT molecular complexity index is 1230. The molecule has 0 aliphatic rings. The molecule has 0 saturated heterocycles. The summed E-state index contributed by atoms with van der Waals surface area (Å²) >= 11 is 1.50. The van der Waals surface area contributed by atoms with Gasteiger partial charge in [-0.05, 0) is 36.6 Å². The summed E-state index contributed by atoms with van der Waals surface area (Å²) in [6, 6.07) is 17.5. The SMILES string of the molecule is Cc1ccccc1NC(=O)Cn1cnc2sc(-c3ccccc3)c(C)c2c1=O. The number of aromatic nitrogens is 2. The lowest BCUT2D eigenvalue weighted by molar-refractivity contribution is -0.116. The molecular formula is C22H19N3O2S. The molecular weight excluding hydrogens is 370 g/mol. The third-order valence-corrected chi connectivity index (χ3v) is 5.94. The standard InChI is InChI=1S/C22H19N3O2S/c1-14-8-6-7-11-17(14)24-18(26)12-25-13-23-21-19(22(25)27)15(2)20(28-21)16-9-4-3-5-10-16/h3-11,13H,12H2,1-2H3,(H,24,26). The first kappa shape index (κ1) is 18.1. The summed E-state index contributed by atoms with van der Waals surface area (Å²) in [5.41, 5.74) is 3.48. The third-order valence-electron chi connectivity index (χ3n) is 4.69. The molecule has 0 atom stereocenters. The van der Waals surface area contributed by atoms with E-state index in [0.717, 1.165) is 27.3 Å². The number of thiophene rings is 1. The van der Waals surface area contributed by atoms with Crippen molar-refractivity contribution in [1.29, 1.82) is 0 Å². The number of anilines is 1. The Kier molecular flexibility index (Phi) is 4.79. The number of nitrogens with zero attached hydrogens (tertiary/aromatic N) is 2. The summed E-state index contributed by atoms with van der Waals surface area (Å²) in [5.74, 6) is -0.256. The maximum Gasteiger partial charge on any atom is 0.262 e. The topological polar surface area (TPSA) is 64.0 Å². The van der Waals surface area contributed by atoms with Gasteiger partial charge >= 0.3 is 0 Å². The first-order valence-electron chi connectivity index (χ1n) is 8.94. The lowest BCUT2D eigenvalue weighted by atomic mass is 10.1. The second-order valence-electron chi connectivity index (χ2n) is 6.64. The minimum atomic E-state index is -0.256. The van der Waals surface area contributed by atoms with E-state index in [4.69, 9.17) is 0 Å². The number of aryl methyl sites for hydroxylation is 2. The molecule has 0 saturated carbocycles. The van der Waals surface area contributed by atoms with Crippen molar-refractivity contribution in [3.05, 3.63) is 82.4 Å². The quantitative estimate of drug-likeness (QED) is 0.563. The van der Waals surface area contributed by atoms with E-state index in [1.54, 1.807) is 0 Å². The summed E-state index contributed by atoms with van der Waals surface area (Å²) in [4.78, 5) is 31.6. The average molecular weight is 389 g/mol. The van der Waals surface area contributed by atoms with Gasteiger partial charge in [0.25, 0.3) is 5.56 Å². The number of para-hydroxylation sites is 1. The minimum absolute atomic E-state index is 0.0773. The molecule has 0 fully saturated rings. The molecule has 0 aliphatic heterocycles. The van der Waals surface area contributed by atoms with Gasteiger partial charge in [-0.3, -0.25) is 14.2 Å². The van der Waals surface area contributed by atoms with Crippen molar-refractivity contribution in [3.8, 4) is 10.4 Å². The van der Waals surface area contributed by atoms with E-state index in [9.17, 15) is 9.59 Å². The molecule has 2 heterocycles. The number of fused-ring (bicyclic) bond motifs is 1. The Labute approximate surface area is 166 Å². The van der Waals surface area contributed by atoms with E-state index in [0.29, 0.717) is 10.2 Å². The van der Waals surface area contributed by atoms with Gasteiger partial charge in [0.1, 0.15) is 11.4 Å². The zero-order valence-corrected chi connectivity index (χ0v) is 16.4. The summed E-state index contributed by atoms with van der Waals surface area (Å²) in [7, 11) is 0. The van der Waals surface area contributed by atoms with Gasteiger partial charge in [0.15, 0.2) is 0 Å². The third kappa shape index (κ3) is 3.34. The van der Waals surface area contributed by atoms with Gasteiger partial charge < -0.3 is 5.32 Å². The van der Waals surface area contributed by atoms with Crippen molar-refractivity contribution >= 4 is 33.1 Å². The molecule has 1 amide bonds. The fourth-order valence-corrected chi connectivity index (χ4v) is 4.34. The largest absolute Gasteiger partial charge is 0.324 e. The number of nitrogens with one attached hydrogen (secondary N) is 1. The van der Waals surface area contributed by atoms with Crippen LogP contribution in [0.1, 0.15) is 11.1 Å². The highest BCUT2D eigenvalue weighted by molar-refractivity contribution is 7.22. The van der Waals surface area contributed by atoms with Gasteiger partial charge in [0.05, 0.1) is 11.7 Å². The number of carbonyl (C=O) groups is 1. The van der Waals surface area contributed by atoms with E-state index >= 15 is 0 Å². The summed E-state index contributed by atoms with van der Waals surface area (Å²) in [6.45, 7) is 3.78. The predicted molar refractivity (Wildman–Crippen MR) is 114 cm³/mol. The molecule has 0 bridgehead atoms. The van der Waals surface area contributed by atoms with E-state index in [1.807, 2.05) is 68.4 Å². The summed E-state index contributed by atoms with van der Waals surface area (Å²) in [6.07, 6.45) is 1.45. The van der Waals surface area contributed by atoms with Crippen LogP contribution in [0, 0.1) is 13.8 Å². The van der Waals surface area contributed by atoms with Crippen molar-refractivity contribution in [3.63, 3.8) is 0 Å². The first-order chi connectivity index (χ1) is 13.5. The Balaban J connectivity index is 1.67. The van der Waals surface area contributed by atoms with Crippen LogP contribution < -0.4 is 10.9 Å². The smallest absolute Gasteiger partial charge is 0.262 e. The van der Waals surface area contributed by atoms with Crippen LogP contribution in [0.25, 0.3) is 20.7 Å². The number of amides is 1. The highest BCUT2D eigenvalue weighted by Gasteiger charge is 2.16. The second kappa shape index (κ2) is 7.40. The normalized spacial score (nSPS) is 10.9. The first-order valence-corrected chi connectivity index (χ1v) is 9.75. The molecule has 2 aromatic carbocycles. The van der Waals surface area contributed by atoms with Crippen molar-refractivity contribution < 1.29 is 4.79 Å². The van der Waals surface area contributed by atoms with E-state index in [1.165, 1.54) is 22.2 Å². The van der Waals surface area contributed by atoms with Crippen LogP contribution in [0.5, 0.6) is 0 Å². The average Bonchev–Trinajstić information content (AvgIpc) is 3.04. The lowest BCUT2D eigenvalue weighted by Crippen LogP contribution is -2.28. The van der Waals surface area contributed by atoms with Crippen LogP contribution in [0.15, 0.2) is 65.7 Å². The highest BCUT2D eigenvalue weighted by Crippen LogP contribution is 2.35.